The third kappa shape index (κ3) is 1.86. The maximum atomic E-state index is 12.2. The molecule has 22 heavy (non-hydrogen) atoms. The van der Waals surface area contributed by atoms with E-state index in [1.54, 1.807) is 13.2 Å². The second-order valence-corrected chi connectivity index (χ2v) is 6.12. The number of nitrogens with zero attached hydrogens (tertiary/aromatic N) is 1. The van der Waals surface area contributed by atoms with E-state index in [1.165, 1.54) is 11.8 Å². The van der Waals surface area contributed by atoms with Crippen LogP contribution in [-0.4, -0.2) is 18.3 Å². The first-order valence-electron chi connectivity index (χ1n) is 7.23. The monoisotopic (exact) mass is 317 g/mol. The van der Waals surface area contributed by atoms with Gasteiger partial charge in [0, 0.05) is 11.6 Å². The van der Waals surface area contributed by atoms with E-state index in [0.717, 1.165) is 47.7 Å². The molecule has 0 saturated heterocycles. The fourth-order valence-electron chi connectivity index (χ4n) is 3.19. The molecule has 114 valence electrons. The summed E-state index contributed by atoms with van der Waals surface area (Å²) in [6.07, 6.45) is 5.66. The smallest absolute Gasteiger partial charge is 0.339 e. The minimum atomic E-state index is -0.239. The third-order valence-corrected chi connectivity index (χ3v) is 4.71. The lowest BCUT2D eigenvalue weighted by molar-refractivity contribution is 0.400. The molecule has 2 heterocycles. The summed E-state index contributed by atoms with van der Waals surface area (Å²) in [6, 6.07) is 1.73. The highest BCUT2D eigenvalue weighted by atomic mass is 32.2. The Morgan fingerprint density at radius 2 is 2.00 bits per heavy atom. The van der Waals surface area contributed by atoms with Gasteiger partial charge >= 0.3 is 5.63 Å². The zero-order valence-corrected chi connectivity index (χ0v) is 13.2. The van der Waals surface area contributed by atoms with Gasteiger partial charge in [-0.1, -0.05) is 11.8 Å². The maximum Gasteiger partial charge on any atom is 0.339 e. The number of oxazole rings is 1. The van der Waals surface area contributed by atoms with Gasteiger partial charge in [-0.25, -0.2) is 9.78 Å². The topological polar surface area (TPSA) is 65.5 Å². The van der Waals surface area contributed by atoms with Crippen molar-refractivity contribution in [2.24, 2.45) is 0 Å². The predicted molar refractivity (Wildman–Crippen MR) is 85.0 cm³/mol. The summed E-state index contributed by atoms with van der Waals surface area (Å²) >= 11 is 1.44. The number of hydrogen-bond acceptors (Lipinski definition) is 6. The van der Waals surface area contributed by atoms with Crippen LogP contribution < -0.4 is 10.4 Å². The van der Waals surface area contributed by atoms with Gasteiger partial charge in [-0.05, 0) is 37.5 Å². The predicted octanol–water partition coefficient (Wildman–Crippen LogP) is 3.54. The summed E-state index contributed by atoms with van der Waals surface area (Å²) in [5.41, 5.74) is 3.47. The zero-order valence-electron chi connectivity index (χ0n) is 12.4. The summed E-state index contributed by atoms with van der Waals surface area (Å²) in [6.45, 7) is 0. The van der Waals surface area contributed by atoms with Crippen molar-refractivity contribution in [3.63, 3.8) is 0 Å². The number of rotatable bonds is 2. The van der Waals surface area contributed by atoms with Crippen LogP contribution in [0.2, 0.25) is 0 Å². The number of benzene rings is 1. The Morgan fingerprint density at radius 1 is 1.23 bits per heavy atom. The highest BCUT2D eigenvalue weighted by Crippen LogP contribution is 2.38. The number of ether oxygens (including phenoxy) is 1. The van der Waals surface area contributed by atoms with Gasteiger partial charge in [0.2, 0.25) is 0 Å². The second kappa shape index (κ2) is 5.05. The summed E-state index contributed by atoms with van der Waals surface area (Å²) in [5.74, 6) is 0.536. The van der Waals surface area contributed by atoms with E-state index < -0.39 is 0 Å². The molecule has 0 amide bonds. The van der Waals surface area contributed by atoms with Gasteiger partial charge < -0.3 is 13.6 Å². The van der Waals surface area contributed by atoms with E-state index in [1.807, 2.05) is 6.26 Å². The molecular weight excluding hydrogens is 302 g/mol. The molecule has 0 spiro atoms. The van der Waals surface area contributed by atoms with Crippen molar-refractivity contribution < 1.29 is 13.6 Å². The molecule has 0 N–H and O–H groups in total. The van der Waals surface area contributed by atoms with Crippen LogP contribution in [0.5, 0.6) is 5.75 Å². The third-order valence-electron chi connectivity index (χ3n) is 4.19. The van der Waals surface area contributed by atoms with E-state index in [2.05, 4.69) is 4.98 Å². The van der Waals surface area contributed by atoms with Crippen LogP contribution in [0.25, 0.3) is 22.1 Å². The van der Waals surface area contributed by atoms with Gasteiger partial charge in [0.1, 0.15) is 11.1 Å². The van der Waals surface area contributed by atoms with Crippen molar-refractivity contribution >= 4 is 33.8 Å². The van der Waals surface area contributed by atoms with Crippen LogP contribution in [0.4, 0.5) is 0 Å². The molecule has 0 bridgehead atoms. The molecule has 0 saturated carbocycles. The van der Waals surface area contributed by atoms with E-state index in [4.69, 9.17) is 13.6 Å². The van der Waals surface area contributed by atoms with Crippen LogP contribution >= 0.6 is 11.8 Å². The highest BCUT2D eigenvalue weighted by Gasteiger charge is 2.23. The average Bonchev–Trinajstić information content (AvgIpc) is 2.98. The molecule has 6 heteroatoms. The highest BCUT2D eigenvalue weighted by molar-refractivity contribution is 7.98. The van der Waals surface area contributed by atoms with Crippen LogP contribution in [0.1, 0.15) is 24.0 Å². The van der Waals surface area contributed by atoms with Gasteiger partial charge in [-0.2, -0.15) is 0 Å². The minimum Gasteiger partial charge on any atom is -0.493 e. The summed E-state index contributed by atoms with van der Waals surface area (Å²) < 4.78 is 16.7. The fourth-order valence-corrected chi connectivity index (χ4v) is 3.54. The number of aryl methyl sites for hydroxylation is 1. The Kier molecular flexibility index (Phi) is 3.14. The van der Waals surface area contributed by atoms with Crippen LogP contribution in [0, 0.1) is 0 Å². The SMILES string of the molecule is COc1cc2oc(=O)c3c(c2c2nc(SC)oc12)CCCC3. The number of fused-ring (bicyclic) bond motifs is 5. The standard InChI is InChI=1S/C16H15NO4S/c1-19-11-7-10-12(13-14(11)21-16(17-13)22-2)8-5-3-4-6-9(8)15(18)20-10/h7H,3-6H2,1-2H3. The lowest BCUT2D eigenvalue weighted by atomic mass is 9.90. The largest absolute Gasteiger partial charge is 0.493 e. The van der Waals surface area contributed by atoms with Gasteiger partial charge in [0.05, 0.1) is 12.5 Å². The zero-order chi connectivity index (χ0) is 15.3. The first-order chi connectivity index (χ1) is 10.7. The lowest BCUT2D eigenvalue weighted by Crippen LogP contribution is -2.16. The van der Waals surface area contributed by atoms with E-state index in [-0.39, 0.29) is 5.63 Å². The van der Waals surface area contributed by atoms with Crippen molar-refractivity contribution in [1.29, 1.82) is 0 Å². The van der Waals surface area contributed by atoms with Crippen molar-refractivity contribution in [3.05, 3.63) is 27.6 Å². The quantitative estimate of drug-likeness (QED) is 0.532. The first kappa shape index (κ1) is 13.7. The Bertz CT molecular complexity index is 941. The van der Waals surface area contributed by atoms with Crippen molar-refractivity contribution in [3.8, 4) is 5.75 Å². The molecule has 0 atom stereocenters. The Morgan fingerprint density at radius 3 is 2.73 bits per heavy atom. The fraction of sp³-hybridized carbons (Fsp3) is 0.375. The average molecular weight is 317 g/mol. The Hall–Kier alpha value is -1.95. The molecule has 2 aromatic heterocycles. The molecular formula is C16H15NO4S. The summed E-state index contributed by atoms with van der Waals surface area (Å²) in [5, 5.41) is 1.48. The number of methoxy groups -OCH3 is 1. The summed E-state index contributed by atoms with van der Waals surface area (Å²) in [4.78, 5) is 16.8. The Labute approximate surface area is 130 Å². The molecule has 1 aliphatic rings. The normalized spacial score (nSPS) is 14.5. The van der Waals surface area contributed by atoms with Crippen molar-refractivity contribution in [2.45, 2.75) is 30.9 Å². The molecule has 0 radical (unpaired) electrons. The number of hydrogen-bond donors (Lipinski definition) is 0. The number of aromatic nitrogens is 1. The molecule has 0 aliphatic heterocycles. The van der Waals surface area contributed by atoms with E-state index >= 15 is 0 Å². The molecule has 4 rings (SSSR count). The van der Waals surface area contributed by atoms with Crippen molar-refractivity contribution in [2.75, 3.05) is 13.4 Å². The molecule has 1 aromatic carbocycles. The van der Waals surface area contributed by atoms with E-state index in [9.17, 15) is 4.79 Å². The van der Waals surface area contributed by atoms with Crippen LogP contribution in [0.3, 0.4) is 0 Å². The van der Waals surface area contributed by atoms with Gasteiger partial charge in [0.25, 0.3) is 5.22 Å². The number of thioether (sulfide) groups is 1. The maximum absolute atomic E-state index is 12.2. The molecule has 0 fully saturated rings. The lowest BCUT2D eigenvalue weighted by Gasteiger charge is -2.16. The molecule has 1 aliphatic carbocycles. The van der Waals surface area contributed by atoms with Gasteiger partial charge in [-0.3, -0.25) is 0 Å². The Balaban J connectivity index is 2.21. The summed E-state index contributed by atoms with van der Waals surface area (Å²) in [7, 11) is 1.57. The van der Waals surface area contributed by atoms with Crippen LogP contribution in [0.15, 0.2) is 24.9 Å². The van der Waals surface area contributed by atoms with E-state index in [0.29, 0.717) is 22.1 Å². The van der Waals surface area contributed by atoms with Crippen LogP contribution in [-0.2, 0) is 12.8 Å². The minimum absolute atomic E-state index is 0.239. The van der Waals surface area contributed by atoms with Gasteiger partial charge in [-0.15, -0.1) is 0 Å². The second-order valence-electron chi connectivity index (χ2n) is 5.37. The first-order valence-corrected chi connectivity index (χ1v) is 8.45. The molecule has 5 nitrogen and oxygen atoms in total. The van der Waals surface area contributed by atoms with Crippen molar-refractivity contribution in [1.82, 2.24) is 4.98 Å². The molecule has 0 unspecified atom stereocenters. The molecule has 3 aromatic rings. The van der Waals surface area contributed by atoms with Gasteiger partial charge in [0.15, 0.2) is 11.3 Å².